The van der Waals surface area contributed by atoms with Crippen molar-refractivity contribution in [2.45, 2.75) is 44.1 Å². The van der Waals surface area contributed by atoms with Gasteiger partial charge >= 0.3 is 5.97 Å². The highest BCUT2D eigenvalue weighted by molar-refractivity contribution is 9.10. The minimum atomic E-state index is -0.267. The van der Waals surface area contributed by atoms with E-state index in [-0.39, 0.29) is 18.4 Å². The first-order valence-electron chi connectivity index (χ1n) is 10.6. The van der Waals surface area contributed by atoms with Gasteiger partial charge in [-0.15, -0.1) is 0 Å². The lowest BCUT2D eigenvalue weighted by molar-refractivity contribution is -0.140. The van der Waals surface area contributed by atoms with E-state index >= 15 is 0 Å². The molecule has 3 aromatic rings. The average molecular weight is 479 g/mol. The standard InChI is InChI=1S/C24H23BrN4O2/c1-31-22(30)11-9-19-24-27-14-21(15-5-4-6-15)29(24)20-10-8-16(25)13-17(20)23(28-19)18-7-2-3-12-26-18/h2-3,7-8,10,12-15,19H,4-6,9,11H2,1H3. The second kappa shape index (κ2) is 8.38. The molecule has 158 valence electrons. The van der Waals surface area contributed by atoms with Gasteiger partial charge in [0, 0.05) is 40.5 Å². The summed E-state index contributed by atoms with van der Waals surface area (Å²) in [4.78, 5) is 26.5. The van der Waals surface area contributed by atoms with Crippen molar-refractivity contribution in [2.75, 3.05) is 7.11 Å². The van der Waals surface area contributed by atoms with E-state index in [1.165, 1.54) is 32.1 Å². The molecule has 1 atom stereocenters. The number of imidazole rings is 1. The van der Waals surface area contributed by atoms with Crippen LogP contribution in [0.4, 0.5) is 0 Å². The molecule has 0 radical (unpaired) electrons. The van der Waals surface area contributed by atoms with Gasteiger partial charge in [-0.3, -0.25) is 19.3 Å². The van der Waals surface area contributed by atoms with Crippen molar-refractivity contribution in [1.82, 2.24) is 14.5 Å². The monoisotopic (exact) mass is 478 g/mol. The molecule has 1 unspecified atom stereocenters. The number of nitrogens with zero attached hydrogens (tertiary/aromatic N) is 4. The van der Waals surface area contributed by atoms with Crippen LogP contribution in [0.15, 0.2) is 58.3 Å². The number of benzene rings is 1. The van der Waals surface area contributed by atoms with Gasteiger partial charge in [-0.1, -0.05) is 28.4 Å². The summed E-state index contributed by atoms with van der Waals surface area (Å²) in [6, 6.07) is 11.8. The predicted octanol–water partition coefficient (Wildman–Crippen LogP) is 5.14. The molecule has 2 aromatic heterocycles. The van der Waals surface area contributed by atoms with Gasteiger partial charge in [0.05, 0.1) is 24.2 Å². The highest BCUT2D eigenvalue weighted by atomic mass is 79.9. The molecule has 6 nitrogen and oxygen atoms in total. The fourth-order valence-corrected chi connectivity index (χ4v) is 4.66. The highest BCUT2D eigenvalue weighted by Crippen LogP contribution is 2.41. The summed E-state index contributed by atoms with van der Waals surface area (Å²) in [6.07, 6.45) is 8.19. The maximum absolute atomic E-state index is 11.9. The van der Waals surface area contributed by atoms with Crippen molar-refractivity contribution in [1.29, 1.82) is 0 Å². The Morgan fingerprint density at radius 1 is 1.23 bits per heavy atom. The molecule has 7 heteroatoms. The number of carbonyl (C=O) groups is 1. The second-order valence-electron chi connectivity index (χ2n) is 7.99. The summed E-state index contributed by atoms with van der Waals surface area (Å²) >= 11 is 3.63. The van der Waals surface area contributed by atoms with E-state index in [1.807, 2.05) is 24.4 Å². The Kier molecular flexibility index (Phi) is 5.44. The first-order chi connectivity index (χ1) is 15.2. The molecule has 3 heterocycles. The molecule has 2 aliphatic rings. The van der Waals surface area contributed by atoms with Gasteiger partial charge in [0.1, 0.15) is 11.9 Å². The third-order valence-corrected chi connectivity index (χ3v) is 6.63. The lowest BCUT2D eigenvalue weighted by atomic mass is 9.83. The number of carbonyl (C=O) groups excluding carboxylic acids is 1. The first-order valence-corrected chi connectivity index (χ1v) is 11.4. The van der Waals surface area contributed by atoms with Crippen LogP contribution >= 0.6 is 15.9 Å². The van der Waals surface area contributed by atoms with Crippen LogP contribution in [0.2, 0.25) is 0 Å². The fourth-order valence-electron chi connectivity index (χ4n) is 4.30. The molecule has 0 bridgehead atoms. The van der Waals surface area contributed by atoms with Crippen LogP contribution in [0.3, 0.4) is 0 Å². The lowest BCUT2D eigenvalue weighted by Crippen LogP contribution is -2.16. The quantitative estimate of drug-likeness (QED) is 0.475. The Labute approximate surface area is 189 Å². The molecule has 5 rings (SSSR count). The average Bonchev–Trinajstić information content (AvgIpc) is 3.11. The smallest absolute Gasteiger partial charge is 0.305 e. The molecule has 1 fully saturated rings. The van der Waals surface area contributed by atoms with Gasteiger partial charge in [0.25, 0.3) is 0 Å². The summed E-state index contributed by atoms with van der Waals surface area (Å²) in [5, 5.41) is 0. The van der Waals surface area contributed by atoms with Crippen LogP contribution in [0.25, 0.3) is 5.69 Å². The van der Waals surface area contributed by atoms with Crippen molar-refractivity contribution in [3.63, 3.8) is 0 Å². The van der Waals surface area contributed by atoms with E-state index in [0.717, 1.165) is 33.0 Å². The maximum Gasteiger partial charge on any atom is 0.305 e. The van der Waals surface area contributed by atoms with Gasteiger partial charge < -0.3 is 4.74 Å². The molecule has 1 aliphatic carbocycles. The number of ether oxygens (including phenoxy) is 1. The summed E-state index contributed by atoms with van der Waals surface area (Å²) in [6.45, 7) is 0. The number of aromatic nitrogens is 3. The number of esters is 1. The van der Waals surface area contributed by atoms with Crippen molar-refractivity contribution in [2.24, 2.45) is 4.99 Å². The van der Waals surface area contributed by atoms with Gasteiger partial charge in [0.15, 0.2) is 0 Å². The third-order valence-electron chi connectivity index (χ3n) is 6.13. The Morgan fingerprint density at radius 3 is 2.81 bits per heavy atom. The fraction of sp³-hybridized carbons (Fsp3) is 0.333. The zero-order chi connectivity index (χ0) is 21.4. The van der Waals surface area contributed by atoms with Crippen molar-refractivity contribution < 1.29 is 9.53 Å². The largest absolute Gasteiger partial charge is 0.469 e. The minimum absolute atomic E-state index is 0.239. The van der Waals surface area contributed by atoms with Crippen molar-refractivity contribution >= 4 is 27.6 Å². The number of pyridine rings is 1. The molecular formula is C24H23BrN4O2. The Morgan fingerprint density at radius 2 is 2.10 bits per heavy atom. The summed E-state index contributed by atoms with van der Waals surface area (Å²) in [5.74, 6) is 1.15. The number of hydrogen-bond donors (Lipinski definition) is 0. The number of methoxy groups -OCH3 is 1. The van der Waals surface area contributed by atoms with Gasteiger partial charge in [-0.2, -0.15) is 0 Å². The van der Waals surface area contributed by atoms with Crippen LogP contribution in [-0.2, 0) is 9.53 Å². The molecule has 0 amide bonds. The molecule has 0 saturated heterocycles. The number of aliphatic imine (C=N–C) groups is 1. The Bertz CT molecular complexity index is 1150. The third kappa shape index (κ3) is 3.71. The molecule has 1 aliphatic heterocycles. The topological polar surface area (TPSA) is 69.4 Å². The van der Waals surface area contributed by atoms with E-state index in [2.05, 4.69) is 43.7 Å². The zero-order valence-corrected chi connectivity index (χ0v) is 18.9. The number of fused-ring (bicyclic) bond motifs is 3. The molecule has 1 aromatic carbocycles. The number of rotatable bonds is 5. The van der Waals surface area contributed by atoms with Gasteiger partial charge in [0.2, 0.25) is 0 Å². The molecule has 31 heavy (non-hydrogen) atoms. The van der Waals surface area contributed by atoms with E-state index in [0.29, 0.717) is 12.3 Å². The molecule has 1 saturated carbocycles. The van der Waals surface area contributed by atoms with Crippen LogP contribution in [-0.4, -0.2) is 33.3 Å². The molecular weight excluding hydrogens is 456 g/mol. The van der Waals surface area contributed by atoms with Crippen LogP contribution in [0.1, 0.15) is 66.8 Å². The number of hydrogen-bond acceptors (Lipinski definition) is 5. The van der Waals surface area contributed by atoms with Gasteiger partial charge in [-0.25, -0.2) is 4.98 Å². The summed E-state index contributed by atoms with van der Waals surface area (Å²) in [7, 11) is 1.42. The van der Waals surface area contributed by atoms with E-state index in [1.54, 1.807) is 6.20 Å². The maximum atomic E-state index is 11.9. The molecule has 0 spiro atoms. The summed E-state index contributed by atoms with van der Waals surface area (Å²) in [5.41, 5.74) is 4.92. The van der Waals surface area contributed by atoms with Crippen LogP contribution < -0.4 is 0 Å². The first kappa shape index (κ1) is 20.1. The summed E-state index contributed by atoms with van der Waals surface area (Å²) < 4.78 is 8.14. The normalized spacial score (nSPS) is 17.7. The van der Waals surface area contributed by atoms with E-state index in [9.17, 15) is 4.79 Å². The SMILES string of the molecule is COC(=O)CCC1N=C(c2ccccn2)c2cc(Br)ccc2-n2c(C3CCC3)cnc21. The lowest BCUT2D eigenvalue weighted by Gasteiger charge is -2.27. The Balaban J connectivity index is 1.71. The zero-order valence-electron chi connectivity index (χ0n) is 17.3. The predicted molar refractivity (Wildman–Crippen MR) is 122 cm³/mol. The van der Waals surface area contributed by atoms with Gasteiger partial charge in [-0.05, 0) is 49.6 Å². The highest BCUT2D eigenvalue weighted by Gasteiger charge is 2.32. The minimum Gasteiger partial charge on any atom is -0.469 e. The van der Waals surface area contributed by atoms with E-state index < -0.39 is 0 Å². The van der Waals surface area contributed by atoms with Crippen molar-refractivity contribution in [3.05, 3.63) is 76.0 Å². The van der Waals surface area contributed by atoms with Crippen LogP contribution in [0, 0.1) is 0 Å². The van der Waals surface area contributed by atoms with Crippen molar-refractivity contribution in [3.8, 4) is 5.69 Å². The van der Waals surface area contributed by atoms with E-state index in [4.69, 9.17) is 14.7 Å². The second-order valence-corrected chi connectivity index (χ2v) is 8.90. The molecule has 0 N–H and O–H groups in total. The Hall–Kier alpha value is -2.80. The number of halogens is 1. The van der Waals surface area contributed by atoms with Crippen LogP contribution in [0.5, 0.6) is 0 Å².